The van der Waals surface area contributed by atoms with E-state index in [4.69, 9.17) is 16.1 Å². The Morgan fingerprint density at radius 2 is 1.94 bits per heavy atom. The van der Waals surface area contributed by atoms with Gasteiger partial charge in [0.15, 0.2) is 17.1 Å². The summed E-state index contributed by atoms with van der Waals surface area (Å²) in [5, 5.41) is 18.7. The minimum atomic E-state index is -0.551. The Morgan fingerprint density at radius 3 is 2.47 bits per heavy atom. The molecule has 0 aliphatic heterocycles. The van der Waals surface area contributed by atoms with Gasteiger partial charge in [-0.3, -0.25) is 4.79 Å². The molecule has 2 rings (SSSR count). The van der Waals surface area contributed by atoms with E-state index in [-0.39, 0.29) is 16.0 Å². The second kappa shape index (κ2) is 3.43. The van der Waals surface area contributed by atoms with Crippen molar-refractivity contribution in [2.75, 3.05) is 0 Å². The van der Waals surface area contributed by atoms with Crippen molar-refractivity contribution in [1.29, 1.82) is 0 Å². The van der Waals surface area contributed by atoms with Crippen LogP contribution in [0.5, 0.6) is 11.5 Å². The van der Waals surface area contributed by atoms with E-state index >= 15 is 0 Å². The average Bonchev–Trinajstić information content (AvgIpc) is 2.52. The van der Waals surface area contributed by atoms with E-state index in [0.717, 1.165) is 4.74 Å². The lowest BCUT2D eigenvalue weighted by molar-refractivity contribution is 0.171. The van der Waals surface area contributed by atoms with Gasteiger partial charge in [0, 0.05) is 6.07 Å². The molecule has 92 valence electrons. The summed E-state index contributed by atoms with van der Waals surface area (Å²) in [6, 6.07) is 1.17. The number of benzene rings is 1. The minimum Gasteiger partial charge on any atom is -0.504 e. The Kier molecular flexibility index (Phi) is 2.39. The van der Waals surface area contributed by atoms with Crippen LogP contribution >= 0.6 is 11.6 Å². The molecule has 0 bridgehead atoms. The fourth-order valence-corrected chi connectivity index (χ4v) is 1.83. The molecule has 1 heterocycles. The lowest BCUT2D eigenvalue weighted by Gasteiger charge is -2.16. The number of aromatic nitrogens is 1. The van der Waals surface area contributed by atoms with Crippen molar-refractivity contribution in [2.24, 2.45) is 0 Å². The predicted octanol–water partition coefficient (Wildman–Crippen LogP) is 2.41. The van der Waals surface area contributed by atoms with Gasteiger partial charge in [-0.1, -0.05) is 11.6 Å². The van der Waals surface area contributed by atoms with Crippen LogP contribution in [-0.4, -0.2) is 15.0 Å². The molecule has 0 saturated heterocycles. The molecule has 17 heavy (non-hydrogen) atoms. The van der Waals surface area contributed by atoms with Gasteiger partial charge in [-0.05, 0) is 20.8 Å². The molecular formula is C11H12ClNO4. The summed E-state index contributed by atoms with van der Waals surface area (Å²) in [6.07, 6.45) is 0. The Labute approximate surface area is 102 Å². The second-order valence-electron chi connectivity index (χ2n) is 4.79. The molecule has 0 aliphatic rings. The number of halogens is 1. The van der Waals surface area contributed by atoms with Crippen molar-refractivity contribution >= 4 is 22.6 Å². The number of phenolic OH excluding ortho intramolecular Hbond substituents is 2. The molecule has 0 aliphatic carbocycles. The maximum Gasteiger partial charge on any atom is 0.292 e. The molecule has 2 aromatic rings. The van der Waals surface area contributed by atoms with Crippen molar-refractivity contribution in [3.05, 3.63) is 21.4 Å². The topological polar surface area (TPSA) is 75.6 Å². The Balaban J connectivity index is 2.94. The molecule has 0 fully saturated rings. The summed E-state index contributed by atoms with van der Waals surface area (Å²) >= 11 is 5.82. The first-order chi connectivity index (χ1) is 7.73. The first-order valence-electron chi connectivity index (χ1n) is 5.00. The highest BCUT2D eigenvalue weighted by molar-refractivity contribution is 6.37. The third-order valence-electron chi connectivity index (χ3n) is 2.38. The van der Waals surface area contributed by atoms with Crippen molar-refractivity contribution in [3.63, 3.8) is 0 Å². The summed E-state index contributed by atoms with van der Waals surface area (Å²) in [4.78, 5) is 12.1. The molecule has 6 heteroatoms. The zero-order valence-corrected chi connectivity index (χ0v) is 10.4. The molecule has 0 saturated carbocycles. The summed E-state index contributed by atoms with van der Waals surface area (Å²) < 4.78 is 6.48. The smallest absolute Gasteiger partial charge is 0.292 e. The van der Waals surface area contributed by atoms with E-state index in [1.807, 2.05) is 0 Å². The van der Waals surface area contributed by atoms with E-state index < -0.39 is 22.6 Å². The maximum absolute atomic E-state index is 12.1. The van der Waals surface area contributed by atoms with Gasteiger partial charge in [0.2, 0.25) is 0 Å². The molecule has 2 N–H and O–H groups in total. The number of aromatic hydroxyl groups is 2. The average molecular weight is 258 g/mol. The van der Waals surface area contributed by atoms with Gasteiger partial charge in [-0.2, -0.15) is 4.74 Å². The highest BCUT2D eigenvalue weighted by Crippen LogP contribution is 2.38. The monoisotopic (exact) mass is 257 g/mol. The third-order valence-corrected chi connectivity index (χ3v) is 2.75. The first-order valence-corrected chi connectivity index (χ1v) is 5.38. The minimum absolute atomic E-state index is 0.0666. The molecule has 0 unspecified atom stereocenters. The van der Waals surface area contributed by atoms with E-state index in [2.05, 4.69) is 0 Å². The Bertz CT molecular complexity index is 648. The van der Waals surface area contributed by atoms with Crippen LogP contribution in [0, 0.1) is 0 Å². The van der Waals surface area contributed by atoms with Gasteiger partial charge in [-0.15, -0.1) is 0 Å². The largest absolute Gasteiger partial charge is 0.504 e. The van der Waals surface area contributed by atoms with Crippen LogP contribution in [0.4, 0.5) is 0 Å². The molecule has 5 nitrogen and oxygen atoms in total. The lowest BCUT2D eigenvalue weighted by atomic mass is 10.1. The summed E-state index contributed by atoms with van der Waals surface area (Å²) in [6.45, 7) is 5.39. The van der Waals surface area contributed by atoms with Crippen LogP contribution < -0.4 is 5.56 Å². The highest BCUT2D eigenvalue weighted by atomic mass is 35.5. The van der Waals surface area contributed by atoms with E-state index in [1.54, 1.807) is 20.8 Å². The number of hydrogen-bond acceptors (Lipinski definition) is 4. The van der Waals surface area contributed by atoms with Crippen molar-refractivity contribution in [2.45, 2.75) is 26.3 Å². The number of nitrogens with zero attached hydrogens (tertiary/aromatic N) is 1. The number of phenols is 2. The molecule has 0 radical (unpaired) electrons. The van der Waals surface area contributed by atoms with Gasteiger partial charge in [0.25, 0.3) is 5.56 Å². The standard InChI is InChI=1S/C11H12ClNO4/c1-11(2,3)13-10(16)7-6(17-13)4-5(14)9(15)8(7)12/h4,14-15H,1-3H3. The van der Waals surface area contributed by atoms with Crippen molar-refractivity contribution in [1.82, 2.24) is 4.74 Å². The van der Waals surface area contributed by atoms with Crippen molar-refractivity contribution < 1.29 is 14.7 Å². The van der Waals surface area contributed by atoms with Crippen LogP contribution in [-0.2, 0) is 5.54 Å². The lowest BCUT2D eigenvalue weighted by Crippen LogP contribution is -2.30. The van der Waals surface area contributed by atoms with Crippen LogP contribution in [0.15, 0.2) is 15.4 Å². The summed E-state index contributed by atoms with van der Waals surface area (Å²) in [5.74, 6) is -0.935. The fraction of sp³-hybridized carbons (Fsp3) is 0.364. The molecule has 0 spiro atoms. The van der Waals surface area contributed by atoms with Gasteiger partial charge in [0.05, 0.1) is 5.54 Å². The van der Waals surface area contributed by atoms with E-state index in [1.165, 1.54) is 6.07 Å². The molecule has 1 aromatic carbocycles. The second-order valence-corrected chi connectivity index (χ2v) is 5.17. The number of hydrogen-bond donors (Lipinski definition) is 2. The van der Waals surface area contributed by atoms with Crippen LogP contribution in [0.3, 0.4) is 0 Å². The number of fused-ring (bicyclic) bond motifs is 1. The van der Waals surface area contributed by atoms with Crippen molar-refractivity contribution in [3.8, 4) is 11.5 Å². The third kappa shape index (κ3) is 1.67. The maximum atomic E-state index is 12.1. The van der Waals surface area contributed by atoms with Gasteiger partial charge >= 0.3 is 0 Å². The van der Waals surface area contributed by atoms with Gasteiger partial charge in [-0.25, -0.2) is 0 Å². The Morgan fingerprint density at radius 1 is 1.35 bits per heavy atom. The predicted molar refractivity (Wildman–Crippen MR) is 63.8 cm³/mol. The van der Waals surface area contributed by atoms with Crippen LogP contribution in [0.1, 0.15) is 20.8 Å². The van der Waals surface area contributed by atoms with Crippen LogP contribution in [0.2, 0.25) is 5.02 Å². The zero-order chi connectivity index (χ0) is 13.0. The highest BCUT2D eigenvalue weighted by Gasteiger charge is 2.24. The Hall–Kier alpha value is -1.62. The van der Waals surface area contributed by atoms with Gasteiger partial charge in [0.1, 0.15) is 10.4 Å². The van der Waals surface area contributed by atoms with E-state index in [0.29, 0.717) is 0 Å². The number of rotatable bonds is 0. The molecule has 0 atom stereocenters. The quantitative estimate of drug-likeness (QED) is 0.711. The normalized spacial score (nSPS) is 12.2. The first kappa shape index (κ1) is 11.9. The summed E-state index contributed by atoms with van der Waals surface area (Å²) in [7, 11) is 0. The van der Waals surface area contributed by atoms with E-state index in [9.17, 15) is 15.0 Å². The zero-order valence-electron chi connectivity index (χ0n) is 9.61. The molecule has 1 aromatic heterocycles. The van der Waals surface area contributed by atoms with Crippen LogP contribution in [0.25, 0.3) is 11.0 Å². The molecular weight excluding hydrogens is 246 g/mol. The molecule has 0 amide bonds. The fourth-order valence-electron chi connectivity index (χ4n) is 1.56. The van der Waals surface area contributed by atoms with Gasteiger partial charge < -0.3 is 14.7 Å². The SMILES string of the molecule is CC(C)(C)n1oc2cc(O)c(O)c(Cl)c2c1=O. The summed E-state index contributed by atoms with van der Waals surface area (Å²) in [5.41, 5.74) is -0.844.